The number of rotatable bonds is 1. The SMILES string of the molecule is NC1CCC(=O)N(N=O)C1=O. The van der Waals surface area contributed by atoms with Gasteiger partial charge in [-0.1, -0.05) is 0 Å². The molecule has 1 unspecified atom stereocenters. The van der Waals surface area contributed by atoms with Crippen LogP contribution in [0.25, 0.3) is 0 Å². The molecule has 2 amide bonds. The van der Waals surface area contributed by atoms with E-state index in [0.29, 0.717) is 6.42 Å². The molecule has 0 aromatic heterocycles. The van der Waals surface area contributed by atoms with Gasteiger partial charge >= 0.3 is 0 Å². The summed E-state index contributed by atoms with van der Waals surface area (Å²) >= 11 is 0. The Bertz CT molecular complexity index is 215. The molecule has 0 aromatic rings. The van der Waals surface area contributed by atoms with Gasteiger partial charge < -0.3 is 5.73 Å². The number of carbonyl (C=O) groups is 2. The molecule has 1 fully saturated rings. The van der Waals surface area contributed by atoms with Crippen LogP contribution in [0, 0.1) is 4.91 Å². The second-order valence-electron chi connectivity index (χ2n) is 2.27. The minimum Gasteiger partial charge on any atom is -0.320 e. The second-order valence-corrected chi connectivity index (χ2v) is 2.27. The first-order chi connectivity index (χ1) is 5.16. The molecule has 0 spiro atoms. The molecule has 1 rings (SSSR count). The van der Waals surface area contributed by atoms with Crippen LogP contribution in [0.4, 0.5) is 0 Å². The minimum absolute atomic E-state index is 0.110. The van der Waals surface area contributed by atoms with E-state index in [-0.39, 0.29) is 11.4 Å². The van der Waals surface area contributed by atoms with Crippen LogP contribution in [-0.4, -0.2) is 22.9 Å². The fraction of sp³-hybridized carbons (Fsp3) is 0.600. The highest BCUT2D eigenvalue weighted by Gasteiger charge is 2.32. The fourth-order valence-electron chi connectivity index (χ4n) is 0.874. The van der Waals surface area contributed by atoms with Gasteiger partial charge in [0.25, 0.3) is 11.8 Å². The molecule has 0 saturated carbocycles. The lowest BCUT2D eigenvalue weighted by molar-refractivity contribution is -0.149. The summed E-state index contributed by atoms with van der Waals surface area (Å²) in [5, 5.41) is 2.55. The van der Waals surface area contributed by atoms with Crippen LogP contribution in [0.5, 0.6) is 0 Å². The maximum Gasteiger partial charge on any atom is 0.269 e. The third kappa shape index (κ3) is 1.25. The molecule has 0 bridgehead atoms. The van der Waals surface area contributed by atoms with E-state index < -0.39 is 17.9 Å². The zero-order chi connectivity index (χ0) is 8.43. The largest absolute Gasteiger partial charge is 0.320 e. The molecule has 11 heavy (non-hydrogen) atoms. The van der Waals surface area contributed by atoms with Gasteiger partial charge in [-0.15, -0.1) is 9.92 Å². The lowest BCUT2D eigenvalue weighted by atomic mass is 10.1. The number of nitrogens with two attached hydrogens (primary N) is 1. The van der Waals surface area contributed by atoms with E-state index in [1.54, 1.807) is 0 Å². The first-order valence-electron chi connectivity index (χ1n) is 3.12. The van der Waals surface area contributed by atoms with E-state index in [4.69, 9.17) is 5.73 Å². The van der Waals surface area contributed by atoms with Crippen LogP contribution in [0.3, 0.4) is 0 Å². The molecule has 6 nitrogen and oxygen atoms in total. The molecule has 0 aromatic carbocycles. The highest BCUT2D eigenvalue weighted by atomic mass is 16.3. The van der Waals surface area contributed by atoms with Crippen molar-refractivity contribution in [2.75, 3.05) is 0 Å². The summed E-state index contributed by atoms with van der Waals surface area (Å²) in [6.45, 7) is 0. The molecule has 6 heteroatoms. The summed E-state index contributed by atoms with van der Waals surface area (Å²) in [6.07, 6.45) is 0.405. The summed E-state index contributed by atoms with van der Waals surface area (Å²) in [7, 11) is 0. The van der Waals surface area contributed by atoms with Crippen LogP contribution in [0.1, 0.15) is 12.8 Å². The van der Waals surface area contributed by atoms with Gasteiger partial charge in [-0.2, -0.15) is 0 Å². The van der Waals surface area contributed by atoms with Crippen LogP contribution < -0.4 is 5.73 Å². The molecule has 1 saturated heterocycles. The van der Waals surface area contributed by atoms with Gasteiger partial charge in [0.2, 0.25) is 0 Å². The second kappa shape index (κ2) is 2.75. The Kier molecular flexibility index (Phi) is 1.95. The number of piperidine rings is 1. The lowest BCUT2D eigenvalue weighted by Gasteiger charge is -2.21. The summed E-state index contributed by atoms with van der Waals surface area (Å²) in [6, 6.07) is -0.759. The monoisotopic (exact) mass is 157 g/mol. The number of nitrogens with zero attached hydrogens (tertiary/aromatic N) is 2. The van der Waals surface area contributed by atoms with E-state index in [1.807, 2.05) is 0 Å². The molecule has 1 atom stereocenters. The maximum atomic E-state index is 10.9. The highest BCUT2D eigenvalue weighted by Crippen LogP contribution is 2.10. The smallest absolute Gasteiger partial charge is 0.269 e. The summed E-state index contributed by atoms with van der Waals surface area (Å²) < 4.78 is 0. The van der Waals surface area contributed by atoms with Gasteiger partial charge in [0.15, 0.2) is 0 Å². The summed E-state index contributed by atoms with van der Waals surface area (Å²) in [4.78, 5) is 31.5. The van der Waals surface area contributed by atoms with Gasteiger partial charge in [0.05, 0.1) is 11.3 Å². The van der Waals surface area contributed by atoms with E-state index in [2.05, 4.69) is 5.29 Å². The molecule has 2 N–H and O–H groups in total. The van der Waals surface area contributed by atoms with Crippen molar-refractivity contribution in [3.05, 3.63) is 4.91 Å². The van der Waals surface area contributed by atoms with Crippen LogP contribution in [0.2, 0.25) is 0 Å². The first-order valence-corrected chi connectivity index (χ1v) is 3.12. The molecule has 1 aliphatic heterocycles. The number of amides is 2. The van der Waals surface area contributed by atoms with E-state index in [9.17, 15) is 14.5 Å². The zero-order valence-electron chi connectivity index (χ0n) is 5.69. The summed E-state index contributed by atoms with van der Waals surface area (Å²) in [5.41, 5.74) is 5.26. The Labute approximate surface area is 62.3 Å². The number of hydrogen-bond donors (Lipinski definition) is 1. The Morgan fingerprint density at radius 2 is 2.18 bits per heavy atom. The average Bonchev–Trinajstić information content (AvgIpc) is 1.99. The molecular formula is C5H7N3O3. The van der Waals surface area contributed by atoms with E-state index in [0.717, 1.165) is 0 Å². The van der Waals surface area contributed by atoms with Crippen molar-refractivity contribution in [3.63, 3.8) is 0 Å². The Hall–Kier alpha value is -1.30. The summed E-state index contributed by atoms with van der Waals surface area (Å²) in [5.74, 6) is -1.29. The van der Waals surface area contributed by atoms with Crippen molar-refractivity contribution in [2.45, 2.75) is 18.9 Å². The van der Waals surface area contributed by atoms with Crippen molar-refractivity contribution in [2.24, 2.45) is 11.0 Å². The minimum atomic E-state index is -0.759. The molecule has 1 heterocycles. The molecule has 1 aliphatic rings. The molecule has 0 aliphatic carbocycles. The van der Waals surface area contributed by atoms with Crippen LogP contribution >= 0.6 is 0 Å². The highest BCUT2D eigenvalue weighted by molar-refractivity contribution is 5.99. The topological polar surface area (TPSA) is 92.8 Å². The Morgan fingerprint density at radius 1 is 1.55 bits per heavy atom. The zero-order valence-corrected chi connectivity index (χ0v) is 5.69. The van der Waals surface area contributed by atoms with Gasteiger partial charge in [-0.25, -0.2) is 0 Å². The van der Waals surface area contributed by atoms with Crippen molar-refractivity contribution in [1.29, 1.82) is 0 Å². The van der Waals surface area contributed by atoms with Gasteiger partial charge in [-0.05, 0) is 6.42 Å². The predicted octanol–water partition coefficient (Wildman–Crippen LogP) is -0.856. The van der Waals surface area contributed by atoms with Crippen molar-refractivity contribution < 1.29 is 9.59 Å². The van der Waals surface area contributed by atoms with Gasteiger partial charge in [0, 0.05) is 6.42 Å². The van der Waals surface area contributed by atoms with E-state index in [1.165, 1.54) is 0 Å². The van der Waals surface area contributed by atoms with Crippen LogP contribution in [-0.2, 0) is 9.59 Å². The van der Waals surface area contributed by atoms with Crippen molar-refractivity contribution >= 4 is 11.8 Å². The number of imide groups is 1. The maximum absolute atomic E-state index is 10.9. The Morgan fingerprint density at radius 3 is 2.64 bits per heavy atom. The van der Waals surface area contributed by atoms with Crippen LogP contribution in [0.15, 0.2) is 5.29 Å². The quantitative estimate of drug-likeness (QED) is 0.396. The van der Waals surface area contributed by atoms with E-state index >= 15 is 0 Å². The number of nitroso groups, excluding NO2 is 1. The first kappa shape index (κ1) is 7.80. The van der Waals surface area contributed by atoms with Gasteiger partial charge in [0.1, 0.15) is 0 Å². The third-order valence-electron chi connectivity index (χ3n) is 1.51. The Balaban J connectivity index is 2.79. The third-order valence-corrected chi connectivity index (χ3v) is 1.51. The number of hydrogen-bond acceptors (Lipinski definition) is 5. The standard InChI is InChI=1S/C5H7N3O3/c6-3-1-2-4(9)8(7-11)5(3)10/h3H,1-2,6H2. The van der Waals surface area contributed by atoms with Crippen molar-refractivity contribution in [1.82, 2.24) is 5.01 Å². The van der Waals surface area contributed by atoms with Crippen molar-refractivity contribution in [3.8, 4) is 0 Å². The molecule has 60 valence electrons. The van der Waals surface area contributed by atoms with Gasteiger partial charge in [-0.3, -0.25) is 9.59 Å². The molecular weight excluding hydrogens is 150 g/mol. The normalized spacial score (nSPS) is 25.5. The average molecular weight is 157 g/mol. The molecule has 0 radical (unpaired) electrons. The fourth-order valence-corrected chi connectivity index (χ4v) is 0.874. The predicted molar refractivity (Wildman–Crippen MR) is 34.9 cm³/mol. The lowest BCUT2D eigenvalue weighted by Crippen LogP contribution is -2.48. The number of carbonyl (C=O) groups excluding carboxylic acids is 2.